The topological polar surface area (TPSA) is 20.2 Å². The zero-order valence-electron chi connectivity index (χ0n) is 12.0. The molecule has 100 valence electrons. The molecule has 1 N–H and O–H groups in total. The first kappa shape index (κ1) is 13.7. The minimum Gasteiger partial charge on any atom is -0.508 e. The zero-order chi connectivity index (χ0) is 13.8. The van der Waals surface area contributed by atoms with Gasteiger partial charge in [0.25, 0.3) is 0 Å². The van der Waals surface area contributed by atoms with Crippen molar-refractivity contribution in [3.63, 3.8) is 0 Å². The van der Waals surface area contributed by atoms with E-state index in [1.54, 1.807) is 0 Å². The number of aryl methyl sites for hydroxylation is 1. The van der Waals surface area contributed by atoms with Gasteiger partial charge in [-0.05, 0) is 47.6 Å². The van der Waals surface area contributed by atoms with Crippen molar-refractivity contribution < 1.29 is 5.11 Å². The Morgan fingerprint density at radius 3 is 2.00 bits per heavy atom. The summed E-state index contributed by atoms with van der Waals surface area (Å²) in [5.74, 6) is 0.440. The maximum Gasteiger partial charge on any atom is 0.119 e. The number of aromatic hydroxyl groups is 1. The highest BCUT2D eigenvalue weighted by Crippen LogP contribution is 2.36. The van der Waals surface area contributed by atoms with E-state index in [2.05, 4.69) is 45.0 Å². The first-order valence-corrected chi connectivity index (χ1v) is 7.14. The number of benzene rings is 2. The summed E-state index contributed by atoms with van der Waals surface area (Å²) in [6.07, 6.45) is 2.81. The summed E-state index contributed by atoms with van der Waals surface area (Å²) in [7, 11) is 0. The van der Waals surface area contributed by atoms with Gasteiger partial charge in [-0.2, -0.15) is 0 Å². The van der Waals surface area contributed by atoms with Crippen molar-refractivity contribution in [1.29, 1.82) is 0 Å². The number of rotatable bonds is 4. The van der Waals surface area contributed by atoms with Crippen LogP contribution in [0, 0.1) is 0 Å². The molecule has 2 aromatic carbocycles. The summed E-state index contributed by atoms with van der Waals surface area (Å²) < 4.78 is 0. The molecule has 0 saturated heterocycles. The van der Waals surface area contributed by atoms with Crippen LogP contribution in [0.25, 0.3) is 11.1 Å². The van der Waals surface area contributed by atoms with Gasteiger partial charge in [0.05, 0.1) is 0 Å². The Labute approximate surface area is 115 Å². The third-order valence-corrected chi connectivity index (χ3v) is 3.76. The van der Waals surface area contributed by atoms with E-state index in [0.717, 1.165) is 24.8 Å². The van der Waals surface area contributed by atoms with Crippen LogP contribution in [0.2, 0.25) is 0 Å². The summed E-state index contributed by atoms with van der Waals surface area (Å²) in [6.45, 7) is 6.44. The lowest BCUT2D eigenvalue weighted by atomic mass is 9.87. The highest BCUT2D eigenvalue weighted by atomic mass is 16.3. The smallest absolute Gasteiger partial charge is 0.119 e. The van der Waals surface area contributed by atoms with Crippen molar-refractivity contribution in [3.05, 3.63) is 53.1 Å². The normalized spacial score (nSPS) is 10.7. The van der Waals surface area contributed by atoms with E-state index in [4.69, 9.17) is 0 Å². The molecule has 0 aromatic heterocycles. The minimum absolute atomic E-state index is 0.440. The zero-order valence-corrected chi connectivity index (χ0v) is 12.0. The fraction of sp³-hybridized carbons (Fsp3) is 0.333. The Hall–Kier alpha value is -1.76. The highest BCUT2D eigenvalue weighted by molar-refractivity contribution is 5.75. The van der Waals surface area contributed by atoms with Crippen molar-refractivity contribution in [2.24, 2.45) is 0 Å². The largest absolute Gasteiger partial charge is 0.508 e. The quantitative estimate of drug-likeness (QED) is 0.835. The van der Waals surface area contributed by atoms with Gasteiger partial charge in [0.15, 0.2) is 0 Å². The van der Waals surface area contributed by atoms with E-state index in [-0.39, 0.29) is 0 Å². The lowest BCUT2D eigenvalue weighted by Crippen LogP contribution is -2.00. The molecule has 0 aliphatic rings. The van der Waals surface area contributed by atoms with Crippen LogP contribution in [0.15, 0.2) is 36.4 Å². The van der Waals surface area contributed by atoms with Gasteiger partial charge in [-0.25, -0.2) is 0 Å². The Kier molecular flexibility index (Phi) is 4.26. The van der Waals surface area contributed by atoms with Crippen molar-refractivity contribution in [3.8, 4) is 16.9 Å². The molecule has 0 aliphatic carbocycles. The van der Waals surface area contributed by atoms with E-state index in [1.807, 2.05) is 12.1 Å². The second-order valence-electron chi connectivity index (χ2n) is 4.81. The second kappa shape index (κ2) is 5.92. The SMILES string of the molecule is CCc1cc(O)c(CC)c(-c2ccccc2)c1CC. The van der Waals surface area contributed by atoms with E-state index in [1.165, 1.54) is 22.3 Å². The summed E-state index contributed by atoms with van der Waals surface area (Å²) >= 11 is 0. The first-order valence-electron chi connectivity index (χ1n) is 7.14. The predicted molar refractivity (Wildman–Crippen MR) is 81.7 cm³/mol. The second-order valence-corrected chi connectivity index (χ2v) is 4.81. The standard InChI is InChI=1S/C18H22O/c1-4-13-12-17(19)16(6-3)18(15(13)5-2)14-10-8-7-9-11-14/h7-12,19H,4-6H2,1-3H3. The number of phenols is 1. The lowest BCUT2D eigenvalue weighted by molar-refractivity contribution is 0.468. The molecule has 19 heavy (non-hydrogen) atoms. The molecule has 0 spiro atoms. The molecule has 1 nitrogen and oxygen atoms in total. The maximum absolute atomic E-state index is 10.3. The van der Waals surface area contributed by atoms with Crippen LogP contribution in [0.1, 0.15) is 37.5 Å². The molecular weight excluding hydrogens is 232 g/mol. The van der Waals surface area contributed by atoms with Gasteiger partial charge in [-0.1, -0.05) is 51.1 Å². The molecule has 1 heteroatoms. The summed E-state index contributed by atoms with van der Waals surface area (Å²) in [5, 5.41) is 10.3. The third-order valence-electron chi connectivity index (χ3n) is 3.76. The van der Waals surface area contributed by atoms with Crippen LogP contribution in [0.4, 0.5) is 0 Å². The third kappa shape index (κ3) is 2.51. The van der Waals surface area contributed by atoms with Gasteiger partial charge in [-0.15, -0.1) is 0 Å². The fourth-order valence-corrected chi connectivity index (χ4v) is 2.84. The predicted octanol–water partition coefficient (Wildman–Crippen LogP) is 4.75. The molecule has 0 fully saturated rings. The monoisotopic (exact) mass is 254 g/mol. The van der Waals surface area contributed by atoms with Crippen molar-refractivity contribution in [1.82, 2.24) is 0 Å². The average molecular weight is 254 g/mol. The molecule has 0 aliphatic heterocycles. The van der Waals surface area contributed by atoms with Crippen LogP contribution < -0.4 is 0 Å². The minimum atomic E-state index is 0.440. The molecule has 0 amide bonds. The van der Waals surface area contributed by atoms with Crippen LogP contribution in [-0.4, -0.2) is 5.11 Å². The summed E-state index contributed by atoms with van der Waals surface area (Å²) in [5.41, 5.74) is 6.16. The van der Waals surface area contributed by atoms with Crippen molar-refractivity contribution >= 4 is 0 Å². The Morgan fingerprint density at radius 1 is 0.842 bits per heavy atom. The number of hydrogen-bond acceptors (Lipinski definition) is 1. The lowest BCUT2D eigenvalue weighted by Gasteiger charge is -2.19. The van der Waals surface area contributed by atoms with E-state index >= 15 is 0 Å². The van der Waals surface area contributed by atoms with E-state index < -0.39 is 0 Å². The molecule has 2 aromatic rings. The van der Waals surface area contributed by atoms with Crippen molar-refractivity contribution in [2.45, 2.75) is 40.0 Å². The van der Waals surface area contributed by atoms with Crippen LogP contribution >= 0.6 is 0 Å². The highest BCUT2D eigenvalue weighted by Gasteiger charge is 2.16. The van der Waals surface area contributed by atoms with E-state index in [9.17, 15) is 5.11 Å². The molecule has 0 atom stereocenters. The molecule has 0 unspecified atom stereocenters. The van der Waals surface area contributed by atoms with Crippen molar-refractivity contribution in [2.75, 3.05) is 0 Å². The van der Waals surface area contributed by atoms with Gasteiger partial charge < -0.3 is 5.11 Å². The van der Waals surface area contributed by atoms with Crippen LogP contribution in [0.3, 0.4) is 0 Å². The van der Waals surface area contributed by atoms with Gasteiger partial charge in [0, 0.05) is 5.56 Å². The number of phenolic OH excluding ortho intramolecular Hbond substituents is 1. The van der Waals surface area contributed by atoms with Gasteiger partial charge in [0.1, 0.15) is 5.75 Å². The van der Waals surface area contributed by atoms with Gasteiger partial charge in [-0.3, -0.25) is 0 Å². The molecule has 0 heterocycles. The van der Waals surface area contributed by atoms with Gasteiger partial charge in [0.2, 0.25) is 0 Å². The van der Waals surface area contributed by atoms with Gasteiger partial charge >= 0.3 is 0 Å². The summed E-state index contributed by atoms with van der Waals surface area (Å²) in [6, 6.07) is 12.4. The molecule has 0 saturated carbocycles. The fourth-order valence-electron chi connectivity index (χ4n) is 2.84. The van der Waals surface area contributed by atoms with Crippen LogP contribution in [-0.2, 0) is 19.3 Å². The summed E-state index contributed by atoms with van der Waals surface area (Å²) in [4.78, 5) is 0. The first-order chi connectivity index (χ1) is 9.22. The molecule has 0 bridgehead atoms. The average Bonchev–Trinajstić information content (AvgIpc) is 2.46. The Morgan fingerprint density at radius 2 is 1.47 bits per heavy atom. The Bertz CT molecular complexity index is 556. The molecule has 2 rings (SSSR count). The van der Waals surface area contributed by atoms with E-state index in [0.29, 0.717) is 5.75 Å². The maximum atomic E-state index is 10.3. The van der Waals surface area contributed by atoms with Crippen LogP contribution in [0.5, 0.6) is 5.75 Å². The molecule has 0 radical (unpaired) electrons. The number of hydrogen-bond donors (Lipinski definition) is 1. The molecular formula is C18H22O. The Balaban J connectivity index is 2.78.